The molecule has 742 valence electrons. The van der Waals surface area contributed by atoms with Gasteiger partial charge in [0.15, 0.2) is 0 Å². The van der Waals surface area contributed by atoms with Crippen molar-refractivity contribution >= 4 is 163 Å². The van der Waals surface area contributed by atoms with E-state index in [1.807, 2.05) is 84.9 Å². The Kier molecular flexibility index (Phi) is 40.3. The van der Waals surface area contributed by atoms with E-state index in [4.69, 9.17) is 119 Å². The van der Waals surface area contributed by atoms with Crippen molar-refractivity contribution in [1.29, 1.82) is 11.1 Å². The number of hydrogen-bond acceptors (Lipinski definition) is 21. The Bertz CT molecular complexity index is 6860. The molecule has 13 aromatic rings. The topological polar surface area (TPSA) is 404 Å². The second-order valence-corrected chi connectivity index (χ2v) is 38.8. The van der Waals surface area contributed by atoms with Gasteiger partial charge in [0.05, 0.1) is 166 Å². The minimum atomic E-state index is -1.21. The smallest absolute Gasteiger partial charge is 0.870 e. The molecule has 143 heavy (non-hydrogen) atoms. The predicted octanol–water partition coefficient (Wildman–Crippen LogP) is 22.0. The zero-order valence-corrected chi connectivity index (χ0v) is 86.5. The van der Waals surface area contributed by atoms with Crippen LogP contribution in [0.1, 0.15) is 236 Å². The Labute approximate surface area is 889 Å². The van der Waals surface area contributed by atoms with Crippen molar-refractivity contribution in [2.45, 2.75) is 147 Å². The Morgan fingerprint density at radius 3 is 1.14 bits per heavy atom. The Morgan fingerprint density at radius 2 is 0.776 bits per heavy atom. The number of fused-ring (bicyclic) bond motifs is 4. The van der Waals surface area contributed by atoms with Gasteiger partial charge < -0.3 is 44.5 Å². The van der Waals surface area contributed by atoms with Gasteiger partial charge in [-0.3, -0.25) is 33.9 Å². The van der Waals surface area contributed by atoms with Crippen molar-refractivity contribution in [3.8, 4) is 45.0 Å². The fourth-order valence-electron chi connectivity index (χ4n) is 16.8. The van der Waals surface area contributed by atoms with Crippen LogP contribution in [0, 0.1) is 22.7 Å². The van der Waals surface area contributed by atoms with Crippen molar-refractivity contribution < 1.29 is 112 Å². The van der Waals surface area contributed by atoms with E-state index in [9.17, 15) is 42.7 Å². The SMILES string of the molecule is Brc1ccc(-c2n[nH]c3c2COCC3)cc1.CCOC(=O)c1ccc(-c2nn(C(=O)c3c(Cl)cccc3C3CC3)c3c2CCOC3)c(F)c1.N=N.O.O=C(Cl)c1c(Cl)cccc1C1CC1.O=C(Cl)c1ccc(Br)cc1.O=C(O)c1ccc(-c2nn(C(=O)c3c(Cl)cccc3C3CC3)c3c2CCOC3)c(F)c1.O=C(c1c(Cl)cccc1C1CC1)n1nc(-c2ccc(Br)cc2)c2c1COCC2.O=C1CCOCC1.[HH].[Li+].[OH-]. The quantitative estimate of drug-likeness (QED) is 0.0302. The van der Waals surface area contributed by atoms with Gasteiger partial charge in [-0.25, -0.2) is 29.4 Å². The number of Topliss-reactive ketones (excluding diaryl/α,β-unsaturated/α-hetero) is 1. The summed E-state index contributed by atoms with van der Waals surface area (Å²) < 4.78 is 69.1. The average Bonchev–Trinajstić information content (AvgIpc) is 1.60. The molecule has 7 N–H and O–H groups in total. The number of nitrogens with one attached hydrogen (secondary N) is 3. The summed E-state index contributed by atoms with van der Waals surface area (Å²) >= 11 is 46.0. The number of aromatic nitrogens is 8. The molecule has 9 aromatic carbocycles. The number of carbonyl (C=O) groups is 8. The van der Waals surface area contributed by atoms with Crippen LogP contribution in [0.4, 0.5) is 8.78 Å². The minimum Gasteiger partial charge on any atom is -0.870 e. The molecular formula is C104H96Br3Cl6F2LiN10O17. The second-order valence-electron chi connectivity index (χ2n) is 33.8. The first kappa shape index (κ1) is 111. The Hall–Kier alpha value is -10.3. The third kappa shape index (κ3) is 27.2. The van der Waals surface area contributed by atoms with Crippen LogP contribution in [0.2, 0.25) is 20.1 Å². The summed E-state index contributed by atoms with van der Waals surface area (Å²) in [6.07, 6.45) is 12.4. The number of aromatic carboxylic acids is 1. The van der Waals surface area contributed by atoms with Gasteiger partial charge in [-0.15, -0.1) is 0 Å². The summed E-state index contributed by atoms with van der Waals surface area (Å²) in [6.45, 7) is 6.87. The summed E-state index contributed by atoms with van der Waals surface area (Å²) in [5.41, 5.74) is 28.3. The molecule has 0 spiro atoms. The number of nitrogens with zero attached hydrogens (tertiary/aromatic N) is 7. The second kappa shape index (κ2) is 51.7. The summed E-state index contributed by atoms with van der Waals surface area (Å²) in [7, 11) is 0. The molecule has 5 aliphatic heterocycles. The summed E-state index contributed by atoms with van der Waals surface area (Å²) in [5.74, 6) is -2.13. The Balaban J connectivity index is 0.000000167. The molecule has 39 heteroatoms. The number of carboxylic acid groups (broad SMARTS) is 1. The number of benzene rings is 9. The van der Waals surface area contributed by atoms with Crippen molar-refractivity contribution in [2.75, 3.05) is 46.2 Å². The number of carboxylic acids is 1. The molecule has 0 unspecified atom stereocenters. The number of esters is 1. The van der Waals surface area contributed by atoms with E-state index in [1.165, 1.54) is 49.6 Å². The zero-order chi connectivity index (χ0) is 99.1. The van der Waals surface area contributed by atoms with Gasteiger partial charge in [-0.05, 0) is 256 Å². The fraction of sp³-hybridized carbons (Fsp3) is 0.288. The number of halogens is 11. The Morgan fingerprint density at radius 1 is 0.441 bits per heavy atom. The maximum absolute atomic E-state index is 15.1. The number of hydrogen-bond donors (Lipinski definition) is 4. The summed E-state index contributed by atoms with van der Waals surface area (Å²) in [4.78, 5) is 95.8. The van der Waals surface area contributed by atoms with Gasteiger partial charge in [0, 0.05) is 89.9 Å². The van der Waals surface area contributed by atoms with Crippen LogP contribution in [0.5, 0.6) is 0 Å². The van der Waals surface area contributed by atoms with Crippen LogP contribution in [-0.2, 0) is 85.3 Å². The van der Waals surface area contributed by atoms with E-state index in [1.54, 1.807) is 55.5 Å². The zero-order valence-electron chi connectivity index (χ0n) is 77.2. The van der Waals surface area contributed by atoms with Crippen LogP contribution >= 0.6 is 117 Å². The molecule has 9 aliphatic rings. The number of carbonyl (C=O) groups excluding carboxylic acids is 7. The molecule has 22 rings (SSSR count). The van der Waals surface area contributed by atoms with Crippen LogP contribution < -0.4 is 18.9 Å². The summed E-state index contributed by atoms with van der Waals surface area (Å²) in [6, 6.07) is 53.0. The van der Waals surface area contributed by atoms with Crippen molar-refractivity contribution in [1.82, 2.24) is 39.5 Å². The summed E-state index contributed by atoms with van der Waals surface area (Å²) in [5, 5.41) is 31.1. The van der Waals surface area contributed by atoms with E-state index in [2.05, 4.69) is 80.3 Å². The minimum absolute atomic E-state index is 0. The van der Waals surface area contributed by atoms with Crippen molar-refractivity contribution in [2.24, 2.45) is 0 Å². The molecule has 0 atom stereocenters. The fourth-order valence-corrected chi connectivity index (χ4v) is 19.1. The molecule has 1 saturated heterocycles. The molecular weight excluding hydrogens is 2160 g/mol. The molecule has 4 aliphatic carbocycles. The molecule has 0 radical (unpaired) electrons. The molecule has 27 nitrogen and oxygen atoms in total. The average molecular weight is 2260 g/mol. The molecule has 0 bridgehead atoms. The van der Waals surface area contributed by atoms with Gasteiger partial charge in [-0.2, -0.15) is 34.4 Å². The largest absolute Gasteiger partial charge is 1.00 e. The number of H-pyrrole nitrogens is 1. The van der Waals surface area contributed by atoms with Crippen molar-refractivity contribution in [3.63, 3.8) is 0 Å². The molecule has 9 heterocycles. The van der Waals surface area contributed by atoms with E-state index >= 15 is 4.39 Å². The van der Waals surface area contributed by atoms with Gasteiger partial charge in [-0.1, -0.05) is 167 Å². The number of rotatable bonds is 16. The standard InChI is InChI=1S/C25H22ClFN2O4.C23H18ClFN2O4.C22H18BrClN2O2.C12H11BrN2O.C10H8Cl2O.C7H4BrClO.C5H8O2.Li.H2N2.2H2O.H2/c1-2-33-25(31)15-8-9-17(20(27)12-15)23-18-10-11-32-13-21(18)29(28-23)24(30)22-16(14-6-7-14)4-3-5-19(22)26;24-17-3-1-2-14(12-4-5-12)20(17)22(28)27-19-11-31-9-8-16(19)21(26-27)15-7-6-13(23(29)30)10-18(15)25;23-15-8-6-14(7-9-15)21-17-10-11-28-12-19(17)26(25-21)22(27)20-16(13-4-5-13)2-1-3-18(20)24;13-9-3-1-8(2-4-9)12-10-7-16-6-5-11(10)14-15-12;11-8-3-1-2-7(6-4-5-6)9(8)10(12)13;8-6-3-1-5(2-4-6)7(9)10;6-5-1-3-7-4-2-5;;1-2;;;/h3-5,8-9,12,14H,2,6-7,10-11,13H2,1H3;1-3,6-7,10,12H,4-5,8-9,11H2,(H,29,30);1-3,6-9,13H,4-5,10-12H2;1-4H,5-7H2,(H,14,15);1-3,6H,4-5H2;1-4H;1-4H2;;1-2H;2*1H2;1H/q;;;;;;;+1;;;;/p-1. The first-order valence-electron chi connectivity index (χ1n) is 45.2. The van der Waals surface area contributed by atoms with E-state index in [-0.39, 0.29) is 91.0 Å². The maximum atomic E-state index is 15.1. The molecule has 5 fully saturated rings. The van der Waals surface area contributed by atoms with Crippen LogP contribution in [0.25, 0.3) is 45.0 Å². The molecule has 0 amide bonds. The van der Waals surface area contributed by atoms with E-state index in [0.717, 1.165) is 164 Å². The monoisotopic (exact) mass is 2250 g/mol. The molecule has 4 aromatic heterocycles. The van der Waals surface area contributed by atoms with Gasteiger partial charge >= 0.3 is 30.8 Å². The first-order valence-corrected chi connectivity index (χ1v) is 49.9. The van der Waals surface area contributed by atoms with Crippen molar-refractivity contribution in [3.05, 3.63) is 333 Å². The number of ketones is 1. The van der Waals surface area contributed by atoms with Gasteiger partial charge in [0.25, 0.3) is 28.2 Å². The number of ether oxygens (including phenoxy) is 6. The third-order valence-electron chi connectivity index (χ3n) is 24.4. The number of aromatic amines is 1. The van der Waals surface area contributed by atoms with Crippen LogP contribution in [0.3, 0.4) is 0 Å². The van der Waals surface area contributed by atoms with Gasteiger partial charge in [0.2, 0.25) is 0 Å². The third-order valence-corrected chi connectivity index (χ3v) is 27.7. The molecule has 4 saturated carbocycles. The van der Waals surface area contributed by atoms with E-state index < -0.39 is 34.1 Å². The van der Waals surface area contributed by atoms with Crippen LogP contribution in [0.15, 0.2) is 195 Å². The predicted molar refractivity (Wildman–Crippen MR) is 544 cm³/mol. The first-order chi connectivity index (χ1) is 67.7. The van der Waals surface area contributed by atoms with E-state index in [0.29, 0.717) is 172 Å². The maximum Gasteiger partial charge on any atom is 1.00 e. The van der Waals surface area contributed by atoms with Gasteiger partial charge in [0.1, 0.15) is 17.4 Å². The van der Waals surface area contributed by atoms with Crippen LogP contribution in [-0.4, -0.2) is 148 Å². The normalized spacial score (nSPS) is 14.9.